The maximum absolute atomic E-state index is 13.5. The van der Waals surface area contributed by atoms with Gasteiger partial charge in [0, 0.05) is 26.1 Å². The summed E-state index contributed by atoms with van der Waals surface area (Å²) >= 11 is 0. The summed E-state index contributed by atoms with van der Waals surface area (Å²) in [5.74, 6) is -3.33. The summed E-state index contributed by atoms with van der Waals surface area (Å²) in [4.78, 5) is 24.1. The molecule has 2 rings (SSSR count). The molecule has 1 saturated heterocycles. The highest BCUT2D eigenvalue weighted by molar-refractivity contribution is 5.87. The van der Waals surface area contributed by atoms with E-state index in [4.69, 9.17) is 0 Å². The van der Waals surface area contributed by atoms with Crippen molar-refractivity contribution in [3.63, 3.8) is 0 Å². The zero-order valence-corrected chi connectivity index (χ0v) is 12.2. The summed E-state index contributed by atoms with van der Waals surface area (Å²) in [6.45, 7) is 5.13. The Labute approximate surface area is 127 Å². The van der Waals surface area contributed by atoms with Gasteiger partial charge in [0.15, 0.2) is 0 Å². The van der Waals surface area contributed by atoms with E-state index < -0.39 is 11.5 Å². The van der Waals surface area contributed by atoms with Gasteiger partial charge >= 0.3 is 0 Å². The lowest BCUT2D eigenvalue weighted by molar-refractivity contribution is -0.125. The van der Waals surface area contributed by atoms with Crippen LogP contribution in [0, 0.1) is 4.91 Å². The quantitative estimate of drug-likeness (QED) is 0.670. The highest BCUT2D eigenvalue weighted by Crippen LogP contribution is 2.39. The predicted molar refractivity (Wildman–Crippen MR) is 80.3 cm³/mol. The number of alkyl halides is 2. The Bertz CT molecular complexity index is 599. The first-order valence-electron chi connectivity index (χ1n) is 6.89. The molecule has 1 N–H and O–H groups in total. The number of nitroso groups, excluding NO2 is 1. The van der Waals surface area contributed by atoms with Gasteiger partial charge in [0.2, 0.25) is 5.91 Å². The van der Waals surface area contributed by atoms with Gasteiger partial charge in [-0.05, 0) is 23.7 Å². The molecule has 118 valence electrons. The van der Waals surface area contributed by atoms with Crippen molar-refractivity contribution in [1.29, 1.82) is 0 Å². The molecule has 1 amide bonds. The lowest BCUT2D eigenvalue weighted by Crippen LogP contribution is -2.30. The molecule has 0 spiro atoms. The molecule has 0 unspecified atom stereocenters. The molecule has 5 nitrogen and oxygen atoms in total. The van der Waals surface area contributed by atoms with Gasteiger partial charge in [0.1, 0.15) is 5.69 Å². The standard InChI is InChI=1S/C15H17F2N3O2/c1-3-13(21)20-8-7-10(9-20)18-12-6-4-5-11(14(12)19-22)15(2,16)17/h3-6,10,18H,1,7-9H2,2H3/t10-/m0/s1. The zero-order valence-electron chi connectivity index (χ0n) is 12.2. The average Bonchev–Trinajstić information content (AvgIpc) is 2.93. The van der Waals surface area contributed by atoms with Crippen LogP contribution >= 0.6 is 0 Å². The summed E-state index contributed by atoms with van der Waals surface area (Å²) in [6, 6.07) is 4.05. The maximum Gasteiger partial charge on any atom is 0.272 e. The molecule has 0 aromatic heterocycles. The van der Waals surface area contributed by atoms with Crippen molar-refractivity contribution in [2.75, 3.05) is 18.4 Å². The predicted octanol–water partition coefficient (Wildman–Crippen LogP) is 3.40. The van der Waals surface area contributed by atoms with Crippen LogP contribution in [0.25, 0.3) is 0 Å². The Morgan fingerprint density at radius 1 is 1.55 bits per heavy atom. The van der Waals surface area contributed by atoms with E-state index in [-0.39, 0.29) is 23.3 Å². The van der Waals surface area contributed by atoms with E-state index in [1.54, 1.807) is 4.90 Å². The summed E-state index contributed by atoms with van der Waals surface area (Å²) in [7, 11) is 0. The number of halogens is 2. The third kappa shape index (κ3) is 3.29. The van der Waals surface area contributed by atoms with Crippen LogP contribution in [0.15, 0.2) is 36.0 Å². The Hall–Kier alpha value is -2.31. The lowest BCUT2D eigenvalue weighted by Gasteiger charge is -2.19. The van der Waals surface area contributed by atoms with E-state index in [9.17, 15) is 18.5 Å². The van der Waals surface area contributed by atoms with Crippen LogP contribution in [0.3, 0.4) is 0 Å². The van der Waals surface area contributed by atoms with E-state index in [1.807, 2.05) is 0 Å². The number of rotatable bonds is 5. The first-order valence-corrected chi connectivity index (χ1v) is 6.89. The molecular formula is C15H17F2N3O2. The van der Waals surface area contributed by atoms with E-state index in [0.717, 1.165) is 6.92 Å². The molecule has 1 fully saturated rings. The largest absolute Gasteiger partial charge is 0.379 e. The third-order valence-corrected chi connectivity index (χ3v) is 3.63. The monoisotopic (exact) mass is 309 g/mol. The zero-order chi connectivity index (χ0) is 16.3. The van der Waals surface area contributed by atoms with Crippen LogP contribution in [-0.4, -0.2) is 29.9 Å². The van der Waals surface area contributed by atoms with Crippen molar-refractivity contribution in [2.45, 2.75) is 25.3 Å². The number of amides is 1. The number of anilines is 1. The van der Waals surface area contributed by atoms with Gasteiger partial charge in [0.25, 0.3) is 5.92 Å². The van der Waals surface area contributed by atoms with Crippen molar-refractivity contribution in [3.05, 3.63) is 41.3 Å². The molecule has 0 aliphatic carbocycles. The highest BCUT2D eigenvalue weighted by atomic mass is 19.3. The van der Waals surface area contributed by atoms with E-state index >= 15 is 0 Å². The van der Waals surface area contributed by atoms with Crippen LogP contribution in [0.2, 0.25) is 0 Å². The van der Waals surface area contributed by atoms with Gasteiger partial charge in [-0.3, -0.25) is 4.79 Å². The fourth-order valence-electron chi connectivity index (χ4n) is 2.54. The van der Waals surface area contributed by atoms with Crippen molar-refractivity contribution in [1.82, 2.24) is 4.90 Å². The minimum Gasteiger partial charge on any atom is -0.379 e. The third-order valence-electron chi connectivity index (χ3n) is 3.63. The SMILES string of the molecule is C=CC(=O)N1CC[C@H](Nc2cccc(C(C)(F)F)c2N=O)C1. The van der Waals surface area contributed by atoms with Gasteiger partial charge in [0.05, 0.1) is 11.3 Å². The molecule has 0 bridgehead atoms. The van der Waals surface area contributed by atoms with Gasteiger partial charge in [-0.1, -0.05) is 18.7 Å². The Kier molecular flexibility index (Phi) is 4.54. The van der Waals surface area contributed by atoms with Crippen LogP contribution in [0.5, 0.6) is 0 Å². The molecule has 1 aromatic carbocycles. The Morgan fingerprint density at radius 2 is 2.27 bits per heavy atom. The highest BCUT2D eigenvalue weighted by Gasteiger charge is 2.31. The second kappa shape index (κ2) is 6.21. The molecule has 1 aromatic rings. The molecular weight excluding hydrogens is 292 g/mol. The molecule has 1 aliphatic rings. The number of hydrogen-bond donors (Lipinski definition) is 1. The Balaban J connectivity index is 2.19. The van der Waals surface area contributed by atoms with E-state index in [1.165, 1.54) is 24.3 Å². The number of carbonyl (C=O) groups is 1. The van der Waals surface area contributed by atoms with E-state index in [0.29, 0.717) is 19.5 Å². The minimum atomic E-state index is -3.15. The number of carbonyl (C=O) groups excluding carboxylic acids is 1. The fraction of sp³-hybridized carbons (Fsp3) is 0.400. The van der Waals surface area contributed by atoms with Gasteiger partial charge in [-0.2, -0.15) is 0 Å². The number of benzene rings is 1. The van der Waals surface area contributed by atoms with Crippen LogP contribution < -0.4 is 5.32 Å². The molecule has 7 heteroatoms. The van der Waals surface area contributed by atoms with Crippen molar-refractivity contribution in [3.8, 4) is 0 Å². The smallest absolute Gasteiger partial charge is 0.272 e. The summed E-state index contributed by atoms with van der Waals surface area (Å²) in [5, 5.41) is 5.79. The van der Waals surface area contributed by atoms with Gasteiger partial charge in [-0.15, -0.1) is 4.91 Å². The van der Waals surface area contributed by atoms with Gasteiger partial charge in [-0.25, -0.2) is 8.78 Å². The summed E-state index contributed by atoms with van der Waals surface area (Å²) in [6.07, 6.45) is 1.89. The Morgan fingerprint density at radius 3 is 2.86 bits per heavy atom. The molecule has 1 atom stereocenters. The first kappa shape index (κ1) is 16.1. The lowest BCUT2D eigenvalue weighted by atomic mass is 10.1. The average molecular weight is 309 g/mol. The number of hydrogen-bond acceptors (Lipinski definition) is 4. The van der Waals surface area contributed by atoms with E-state index in [2.05, 4.69) is 17.1 Å². The molecule has 1 aliphatic heterocycles. The van der Waals surface area contributed by atoms with Gasteiger partial charge < -0.3 is 10.2 Å². The normalized spacial score (nSPS) is 18.1. The number of nitrogens with zero attached hydrogens (tertiary/aromatic N) is 2. The molecule has 0 radical (unpaired) electrons. The first-order chi connectivity index (χ1) is 10.4. The molecule has 22 heavy (non-hydrogen) atoms. The second-order valence-corrected chi connectivity index (χ2v) is 5.30. The maximum atomic E-state index is 13.5. The van der Waals surface area contributed by atoms with Crippen LogP contribution in [0.4, 0.5) is 20.2 Å². The van der Waals surface area contributed by atoms with Crippen molar-refractivity contribution >= 4 is 17.3 Å². The topological polar surface area (TPSA) is 61.8 Å². The summed E-state index contributed by atoms with van der Waals surface area (Å²) < 4.78 is 27.0. The minimum absolute atomic E-state index is 0.120. The van der Waals surface area contributed by atoms with Crippen molar-refractivity contribution in [2.24, 2.45) is 5.18 Å². The summed E-state index contributed by atoms with van der Waals surface area (Å²) in [5.41, 5.74) is -0.444. The number of nitrogens with one attached hydrogen (secondary N) is 1. The second-order valence-electron chi connectivity index (χ2n) is 5.30. The number of likely N-dealkylation sites (tertiary alicyclic amines) is 1. The van der Waals surface area contributed by atoms with Crippen LogP contribution in [-0.2, 0) is 10.7 Å². The molecule has 1 heterocycles. The fourth-order valence-corrected chi connectivity index (χ4v) is 2.54. The van der Waals surface area contributed by atoms with Crippen molar-refractivity contribution < 1.29 is 13.6 Å². The molecule has 0 saturated carbocycles. The van der Waals surface area contributed by atoms with Crippen LogP contribution in [0.1, 0.15) is 18.9 Å².